The van der Waals surface area contributed by atoms with E-state index < -0.39 is 0 Å². The van der Waals surface area contributed by atoms with Crippen LogP contribution in [0.15, 0.2) is 18.3 Å². The van der Waals surface area contributed by atoms with E-state index in [0.717, 1.165) is 6.54 Å². The Morgan fingerprint density at radius 3 is 2.87 bits per heavy atom. The standard InChI is InChI=1S/C11H16ClN3/c1-14(2)15-7-3-4-10(15)9-5-6-11(12)13-8-9/h5-6,8,10H,3-4,7H2,1-2H3. The fourth-order valence-corrected chi connectivity index (χ4v) is 2.27. The van der Waals surface area contributed by atoms with Crippen molar-refractivity contribution in [3.63, 3.8) is 0 Å². The van der Waals surface area contributed by atoms with E-state index in [1.807, 2.05) is 12.3 Å². The number of halogens is 1. The van der Waals surface area contributed by atoms with Crippen LogP contribution in [-0.2, 0) is 0 Å². The summed E-state index contributed by atoms with van der Waals surface area (Å²) in [4.78, 5) is 4.14. The van der Waals surface area contributed by atoms with Crippen LogP contribution in [0.5, 0.6) is 0 Å². The quantitative estimate of drug-likeness (QED) is 0.721. The molecule has 15 heavy (non-hydrogen) atoms. The zero-order valence-electron chi connectivity index (χ0n) is 9.15. The Morgan fingerprint density at radius 1 is 1.47 bits per heavy atom. The lowest BCUT2D eigenvalue weighted by Gasteiger charge is -2.30. The predicted octanol–water partition coefficient (Wildman–Crippen LogP) is 2.35. The fraction of sp³-hybridized carbons (Fsp3) is 0.545. The summed E-state index contributed by atoms with van der Waals surface area (Å²) in [5, 5.41) is 5.09. The van der Waals surface area contributed by atoms with Crippen LogP contribution >= 0.6 is 11.6 Å². The van der Waals surface area contributed by atoms with E-state index in [2.05, 4.69) is 35.2 Å². The number of hydrogen-bond donors (Lipinski definition) is 0. The summed E-state index contributed by atoms with van der Waals surface area (Å²) in [6.45, 7) is 1.13. The molecule has 4 heteroatoms. The molecule has 0 aliphatic carbocycles. The molecule has 0 radical (unpaired) electrons. The maximum Gasteiger partial charge on any atom is 0.129 e. The third kappa shape index (κ3) is 2.30. The Hall–Kier alpha value is -0.640. The van der Waals surface area contributed by atoms with E-state index in [-0.39, 0.29) is 0 Å². The average molecular weight is 226 g/mol. The SMILES string of the molecule is CN(C)N1CCCC1c1ccc(Cl)nc1. The Bertz CT molecular complexity index is 323. The summed E-state index contributed by atoms with van der Waals surface area (Å²) < 4.78 is 0. The lowest BCUT2D eigenvalue weighted by Crippen LogP contribution is -2.36. The van der Waals surface area contributed by atoms with Gasteiger partial charge >= 0.3 is 0 Å². The van der Waals surface area contributed by atoms with Crippen LogP contribution in [0.25, 0.3) is 0 Å². The summed E-state index contributed by atoms with van der Waals surface area (Å²) in [6, 6.07) is 4.40. The van der Waals surface area contributed by atoms with Crippen molar-refractivity contribution in [1.82, 2.24) is 15.0 Å². The third-order valence-electron chi connectivity index (χ3n) is 2.87. The Balaban J connectivity index is 2.19. The van der Waals surface area contributed by atoms with Crippen molar-refractivity contribution >= 4 is 11.6 Å². The van der Waals surface area contributed by atoms with Gasteiger partial charge in [0.1, 0.15) is 5.15 Å². The van der Waals surface area contributed by atoms with Gasteiger partial charge < -0.3 is 0 Å². The van der Waals surface area contributed by atoms with Gasteiger partial charge in [-0.3, -0.25) is 0 Å². The average Bonchev–Trinajstić information content (AvgIpc) is 2.67. The van der Waals surface area contributed by atoms with Crippen LogP contribution in [0.2, 0.25) is 5.15 Å². The zero-order chi connectivity index (χ0) is 10.8. The maximum absolute atomic E-state index is 5.78. The molecule has 82 valence electrons. The van der Waals surface area contributed by atoms with E-state index in [1.165, 1.54) is 18.4 Å². The molecular formula is C11H16ClN3. The summed E-state index contributed by atoms with van der Waals surface area (Å²) in [5.41, 5.74) is 1.26. The van der Waals surface area contributed by atoms with Gasteiger partial charge in [-0.25, -0.2) is 15.0 Å². The number of rotatable bonds is 2. The monoisotopic (exact) mass is 225 g/mol. The van der Waals surface area contributed by atoms with Crippen molar-refractivity contribution in [2.24, 2.45) is 0 Å². The van der Waals surface area contributed by atoms with Gasteiger partial charge in [-0.2, -0.15) is 0 Å². The van der Waals surface area contributed by atoms with Crippen LogP contribution in [0.4, 0.5) is 0 Å². The molecule has 0 bridgehead atoms. The first-order valence-electron chi connectivity index (χ1n) is 5.24. The first-order chi connectivity index (χ1) is 7.18. The molecular weight excluding hydrogens is 210 g/mol. The normalized spacial score (nSPS) is 22.5. The molecule has 3 nitrogen and oxygen atoms in total. The molecule has 1 aromatic rings. The van der Waals surface area contributed by atoms with Gasteiger partial charge in [-0.1, -0.05) is 17.7 Å². The van der Waals surface area contributed by atoms with Crippen LogP contribution in [-0.4, -0.2) is 35.6 Å². The summed E-state index contributed by atoms with van der Waals surface area (Å²) in [6.07, 6.45) is 4.32. The van der Waals surface area contributed by atoms with Gasteiger partial charge in [0.15, 0.2) is 0 Å². The minimum atomic E-state index is 0.463. The topological polar surface area (TPSA) is 19.4 Å². The molecule has 0 saturated carbocycles. The number of hydrazine groups is 1. The van der Waals surface area contributed by atoms with E-state index in [4.69, 9.17) is 11.6 Å². The molecule has 1 unspecified atom stereocenters. The van der Waals surface area contributed by atoms with Crippen LogP contribution in [0, 0.1) is 0 Å². The highest BCUT2D eigenvalue weighted by Crippen LogP contribution is 2.31. The second-order valence-electron chi connectivity index (χ2n) is 4.08. The Labute approximate surface area is 95.6 Å². The molecule has 0 aromatic carbocycles. The minimum absolute atomic E-state index is 0.463. The smallest absolute Gasteiger partial charge is 0.129 e. The highest BCUT2D eigenvalue weighted by Gasteiger charge is 2.27. The minimum Gasteiger partial charge on any atom is -0.247 e. The third-order valence-corrected chi connectivity index (χ3v) is 3.10. The fourth-order valence-electron chi connectivity index (χ4n) is 2.15. The van der Waals surface area contributed by atoms with Crippen LogP contribution < -0.4 is 0 Å². The van der Waals surface area contributed by atoms with Crippen molar-refractivity contribution in [3.8, 4) is 0 Å². The second kappa shape index (κ2) is 4.47. The Kier molecular flexibility index (Phi) is 3.24. The lowest BCUT2D eigenvalue weighted by atomic mass is 10.1. The largest absolute Gasteiger partial charge is 0.247 e. The van der Waals surface area contributed by atoms with E-state index in [1.54, 1.807) is 0 Å². The van der Waals surface area contributed by atoms with Gasteiger partial charge in [-0.05, 0) is 24.5 Å². The molecule has 0 amide bonds. The number of pyridine rings is 1. The van der Waals surface area contributed by atoms with Crippen molar-refractivity contribution in [1.29, 1.82) is 0 Å². The number of nitrogens with zero attached hydrogens (tertiary/aromatic N) is 3. The van der Waals surface area contributed by atoms with E-state index >= 15 is 0 Å². The molecule has 0 spiro atoms. The van der Waals surface area contributed by atoms with Gasteiger partial charge in [0, 0.05) is 26.8 Å². The van der Waals surface area contributed by atoms with Crippen molar-refractivity contribution in [2.45, 2.75) is 18.9 Å². The first kappa shape index (κ1) is 10.9. The lowest BCUT2D eigenvalue weighted by molar-refractivity contribution is 0.0110. The van der Waals surface area contributed by atoms with Gasteiger partial charge in [-0.15, -0.1) is 0 Å². The van der Waals surface area contributed by atoms with E-state index in [0.29, 0.717) is 11.2 Å². The number of hydrogen-bond acceptors (Lipinski definition) is 3. The van der Waals surface area contributed by atoms with Gasteiger partial charge in [0.2, 0.25) is 0 Å². The second-order valence-corrected chi connectivity index (χ2v) is 4.47. The van der Waals surface area contributed by atoms with Crippen LogP contribution in [0.1, 0.15) is 24.4 Å². The number of aromatic nitrogens is 1. The summed E-state index contributed by atoms with van der Waals surface area (Å²) in [7, 11) is 4.17. The molecule has 0 N–H and O–H groups in total. The van der Waals surface area contributed by atoms with E-state index in [9.17, 15) is 0 Å². The summed E-state index contributed by atoms with van der Waals surface area (Å²) in [5.74, 6) is 0. The molecule has 1 aliphatic heterocycles. The van der Waals surface area contributed by atoms with Crippen molar-refractivity contribution in [2.75, 3.05) is 20.6 Å². The van der Waals surface area contributed by atoms with Crippen molar-refractivity contribution < 1.29 is 0 Å². The molecule has 1 aromatic heterocycles. The van der Waals surface area contributed by atoms with Gasteiger partial charge in [0.25, 0.3) is 0 Å². The molecule has 2 rings (SSSR count). The zero-order valence-corrected chi connectivity index (χ0v) is 9.91. The van der Waals surface area contributed by atoms with Crippen LogP contribution in [0.3, 0.4) is 0 Å². The van der Waals surface area contributed by atoms with Crippen molar-refractivity contribution in [3.05, 3.63) is 29.0 Å². The molecule has 1 fully saturated rings. The van der Waals surface area contributed by atoms with Gasteiger partial charge in [0.05, 0.1) is 6.04 Å². The Morgan fingerprint density at radius 2 is 2.27 bits per heavy atom. The molecule has 2 heterocycles. The molecule has 1 atom stereocenters. The molecule has 1 saturated heterocycles. The predicted molar refractivity (Wildman–Crippen MR) is 61.6 cm³/mol. The highest BCUT2D eigenvalue weighted by atomic mass is 35.5. The maximum atomic E-state index is 5.78. The highest BCUT2D eigenvalue weighted by molar-refractivity contribution is 6.29. The molecule has 1 aliphatic rings. The first-order valence-corrected chi connectivity index (χ1v) is 5.61. The summed E-state index contributed by atoms with van der Waals surface area (Å²) >= 11 is 5.78.